The third kappa shape index (κ3) is 4.65. The van der Waals surface area contributed by atoms with Crippen LogP contribution in [0.4, 0.5) is 23.7 Å². The summed E-state index contributed by atoms with van der Waals surface area (Å²) in [6, 6.07) is 3.07. The molecular formula is C21H23ClF3N5O3. The van der Waals surface area contributed by atoms with Crippen molar-refractivity contribution in [2.24, 2.45) is 5.92 Å². The molecule has 2 aliphatic heterocycles. The molecule has 2 aliphatic rings. The van der Waals surface area contributed by atoms with Crippen LogP contribution in [0.2, 0.25) is 5.02 Å². The van der Waals surface area contributed by atoms with Crippen LogP contribution in [0.3, 0.4) is 0 Å². The third-order valence-electron chi connectivity index (χ3n) is 5.93. The van der Waals surface area contributed by atoms with Crippen LogP contribution in [0.1, 0.15) is 28.7 Å². The Bertz CT molecular complexity index is 1080. The van der Waals surface area contributed by atoms with Gasteiger partial charge in [0.2, 0.25) is 0 Å². The van der Waals surface area contributed by atoms with E-state index in [1.165, 1.54) is 21.7 Å². The molecule has 2 aromatic rings. The lowest BCUT2D eigenvalue weighted by Gasteiger charge is -2.33. The molecule has 0 radical (unpaired) electrons. The number of anilines is 1. The topological polar surface area (TPSA) is 90.7 Å². The van der Waals surface area contributed by atoms with E-state index in [0.717, 1.165) is 11.0 Å². The SMILES string of the molecule is C[C@@H]1Cc2nn3c(c2CN1C(=O)Nc1ccc(F)c(Cl)c1)C(=O)N(CC(F)F)C[C@H](CO)C3. The number of urea groups is 1. The van der Waals surface area contributed by atoms with Crippen LogP contribution in [-0.2, 0) is 19.5 Å². The minimum atomic E-state index is -2.72. The van der Waals surface area contributed by atoms with Gasteiger partial charge >= 0.3 is 6.03 Å². The van der Waals surface area contributed by atoms with Crippen LogP contribution >= 0.6 is 11.6 Å². The zero-order valence-electron chi connectivity index (χ0n) is 17.8. The summed E-state index contributed by atoms with van der Waals surface area (Å²) in [4.78, 5) is 28.7. The summed E-state index contributed by atoms with van der Waals surface area (Å²) in [5, 5.41) is 16.7. The van der Waals surface area contributed by atoms with Gasteiger partial charge in [-0.05, 0) is 25.1 Å². The first-order valence-electron chi connectivity index (χ1n) is 10.5. The number of fused-ring (bicyclic) bond motifs is 3. The summed E-state index contributed by atoms with van der Waals surface area (Å²) in [6.45, 7) is 1.04. The molecule has 178 valence electrons. The number of carbonyl (C=O) groups excluding carboxylic acids is 2. The number of amides is 3. The van der Waals surface area contributed by atoms with Crippen LogP contribution in [0, 0.1) is 11.7 Å². The highest BCUT2D eigenvalue weighted by Gasteiger charge is 2.38. The van der Waals surface area contributed by atoms with Gasteiger partial charge in [-0.3, -0.25) is 9.48 Å². The Morgan fingerprint density at radius 2 is 2.12 bits per heavy atom. The highest BCUT2D eigenvalue weighted by atomic mass is 35.5. The number of nitrogens with zero attached hydrogens (tertiary/aromatic N) is 4. The van der Waals surface area contributed by atoms with E-state index in [1.54, 1.807) is 0 Å². The molecule has 0 unspecified atom stereocenters. The molecular weight excluding hydrogens is 463 g/mol. The molecule has 1 aromatic heterocycles. The number of halogens is 4. The van der Waals surface area contributed by atoms with Gasteiger partial charge in [-0.1, -0.05) is 11.6 Å². The van der Waals surface area contributed by atoms with Crippen molar-refractivity contribution >= 4 is 29.2 Å². The second-order valence-corrected chi connectivity index (χ2v) is 8.75. The number of nitrogens with one attached hydrogen (secondary N) is 1. The minimum absolute atomic E-state index is 0.0102. The van der Waals surface area contributed by atoms with E-state index in [0.29, 0.717) is 23.4 Å². The Kier molecular flexibility index (Phi) is 6.53. The van der Waals surface area contributed by atoms with E-state index < -0.39 is 36.6 Å². The Morgan fingerprint density at radius 1 is 1.36 bits per heavy atom. The Hall–Kier alpha value is -2.79. The molecule has 12 heteroatoms. The Labute approximate surface area is 192 Å². The van der Waals surface area contributed by atoms with Gasteiger partial charge in [0.25, 0.3) is 12.3 Å². The molecule has 0 bridgehead atoms. The quantitative estimate of drug-likeness (QED) is 0.696. The van der Waals surface area contributed by atoms with Crippen molar-refractivity contribution in [3.8, 4) is 0 Å². The fraction of sp³-hybridized carbons (Fsp3) is 0.476. The van der Waals surface area contributed by atoms with E-state index in [1.807, 2.05) is 6.92 Å². The number of aromatic nitrogens is 2. The van der Waals surface area contributed by atoms with Crippen LogP contribution in [-0.4, -0.2) is 68.8 Å². The lowest BCUT2D eigenvalue weighted by atomic mass is 9.99. The van der Waals surface area contributed by atoms with Crippen molar-refractivity contribution in [3.05, 3.63) is 46.0 Å². The number of aliphatic hydroxyl groups excluding tert-OH is 1. The van der Waals surface area contributed by atoms with E-state index >= 15 is 0 Å². The van der Waals surface area contributed by atoms with Crippen LogP contribution < -0.4 is 5.32 Å². The number of alkyl halides is 2. The summed E-state index contributed by atoms with van der Waals surface area (Å²) in [6.07, 6.45) is -2.36. The van der Waals surface area contributed by atoms with Crippen molar-refractivity contribution in [2.75, 3.05) is 25.0 Å². The molecule has 4 rings (SSSR count). The minimum Gasteiger partial charge on any atom is -0.396 e. The monoisotopic (exact) mass is 485 g/mol. The van der Waals surface area contributed by atoms with Crippen molar-refractivity contribution in [2.45, 2.75) is 38.9 Å². The van der Waals surface area contributed by atoms with E-state index in [9.17, 15) is 27.9 Å². The molecule has 0 fully saturated rings. The van der Waals surface area contributed by atoms with Gasteiger partial charge in [0.1, 0.15) is 11.5 Å². The van der Waals surface area contributed by atoms with Gasteiger partial charge in [-0.25, -0.2) is 18.0 Å². The average molecular weight is 486 g/mol. The normalized spacial score (nSPS) is 20.5. The van der Waals surface area contributed by atoms with E-state index in [4.69, 9.17) is 11.6 Å². The number of aliphatic hydroxyl groups is 1. The molecule has 0 spiro atoms. The first-order chi connectivity index (χ1) is 15.7. The molecule has 0 saturated carbocycles. The largest absolute Gasteiger partial charge is 0.396 e. The van der Waals surface area contributed by atoms with Gasteiger partial charge in [-0.15, -0.1) is 0 Å². The maximum atomic E-state index is 13.4. The van der Waals surface area contributed by atoms with Gasteiger partial charge in [0.15, 0.2) is 0 Å². The van der Waals surface area contributed by atoms with E-state index in [-0.39, 0.29) is 43.0 Å². The Morgan fingerprint density at radius 3 is 2.79 bits per heavy atom. The number of hydrogen-bond donors (Lipinski definition) is 2. The maximum Gasteiger partial charge on any atom is 0.322 e. The first-order valence-corrected chi connectivity index (χ1v) is 10.8. The summed E-state index contributed by atoms with van der Waals surface area (Å²) in [5.41, 5.74) is 1.60. The number of rotatable bonds is 4. The zero-order valence-corrected chi connectivity index (χ0v) is 18.5. The van der Waals surface area contributed by atoms with Crippen molar-refractivity contribution < 1.29 is 27.9 Å². The molecule has 3 heterocycles. The van der Waals surface area contributed by atoms with Crippen molar-refractivity contribution in [1.29, 1.82) is 0 Å². The highest BCUT2D eigenvalue weighted by molar-refractivity contribution is 6.31. The highest BCUT2D eigenvalue weighted by Crippen LogP contribution is 2.30. The third-order valence-corrected chi connectivity index (χ3v) is 6.22. The summed E-state index contributed by atoms with van der Waals surface area (Å²) < 4.78 is 41.1. The molecule has 33 heavy (non-hydrogen) atoms. The zero-order chi connectivity index (χ0) is 23.9. The molecule has 0 saturated heterocycles. The fourth-order valence-electron chi connectivity index (χ4n) is 4.29. The summed E-state index contributed by atoms with van der Waals surface area (Å²) >= 11 is 5.78. The van der Waals surface area contributed by atoms with Gasteiger partial charge in [0, 0.05) is 49.3 Å². The van der Waals surface area contributed by atoms with E-state index in [2.05, 4.69) is 10.4 Å². The summed E-state index contributed by atoms with van der Waals surface area (Å²) in [7, 11) is 0. The lowest BCUT2D eigenvalue weighted by Crippen LogP contribution is -2.45. The van der Waals surface area contributed by atoms with Crippen LogP contribution in [0.5, 0.6) is 0 Å². The predicted molar refractivity (Wildman–Crippen MR) is 114 cm³/mol. The predicted octanol–water partition coefficient (Wildman–Crippen LogP) is 2.98. The van der Waals surface area contributed by atoms with Gasteiger partial charge in [-0.2, -0.15) is 5.10 Å². The first kappa shape index (κ1) is 23.4. The van der Waals surface area contributed by atoms with Crippen molar-refractivity contribution in [1.82, 2.24) is 19.6 Å². The number of carbonyl (C=O) groups is 2. The van der Waals surface area contributed by atoms with Gasteiger partial charge in [0.05, 0.1) is 23.8 Å². The molecule has 2 N–H and O–H groups in total. The summed E-state index contributed by atoms with van der Waals surface area (Å²) in [5.74, 6) is -1.64. The molecule has 3 amide bonds. The van der Waals surface area contributed by atoms with Crippen LogP contribution in [0.25, 0.3) is 0 Å². The lowest BCUT2D eigenvalue weighted by molar-refractivity contribution is 0.0494. The molecule has 2 atom stereocenters. The maximum absolute atomic E-state index is 13.4. The average Bonchev–Trinajstić information content (AvgIpc) is 3.03. The fourth-order valence-corrected chi connectivity index (χ4v) is 4.47. The Balaban J connectivity index is 1.62. The van der Waals surface area contributed by atoms with Crippen molar-refractivity contribution in [3.63, 3.8) is 0 Å². The second kappa shape index (κ2) is 9.22. The molecule has 0 aliphatic carbocycles. The standard InChI is InChI=1S/C21H23ClF3N5O3/c1-11-4-17-14(8-29(11)21(33)26-13-2-3-16(23)15(22)5-13)19-20(32)28(9-18(24)25)6-12(10-31)7-30(19)27-17/h2-3,5,11-12,18,31H,4,6-10H2,1H3,(H,26,33)/t11-,12+/m1/s1. The van der Waals surface area contributed by atoms with Gasteiger partial charge < -0.3 is 20.2 Å². The number of benzene rings is 1. The smallest absolute Gasteiger partial charge is 0.322 e. The molecule has 1 aromatic carbocycles. The second-order valence-electron chi connectivity index (χ2n) is 8.35. The van der Waals surface area contributed by atoms with Crippen LogP contribution in [0.15, 0.2) is 18.2 Å². The number of hydrogen-bond acceptors (Lipinski definition) is 4. The molecule has 8 nitrogen and oxygen atoms in total.